The minimum absolute atomic E-state index is 0.185. The van der Waals surface area contributed by atoms with Crippen LogP contribution in [0.1, 0.15) is 53.9 Å². The van der Waals surface area contributed by atoms with Crippen LogP contribution in [0.5, 0.6) is 0 Å². The number of carbonyl (C=O) groups excluding carboxylic acids is 1. The van der Waals surface area contributed by atoms with Crippen LogP contribution in [0.25, 0.3) is 5.69 Å². The number of aromatic nitrogens is 5. The van der Waals surface area contributed by atoms with Crippen molar-refractivity contribution in [1.29, 1.82) is 0 Å². The molecule has 1 N–H and O–H groups in total. The molecule has 0 radical (unpaired) electrons. The van der Waals surface area contributed by atoms with Crippen molar-refractivity contribution in [2.45, 2.75) is 38.3 Å². The van der Waals surface area contributed by atoms with Gasteiger partial charge in [-0.05, 0) is 31.9 Å². The van der Waals surface area contributed by atoms with Crippen molar-refractivity contribution >= 4 is 5.91 Å². The molecule has 1 fully saturated rings. The van der Waals surface area contributed by atoms with E-state index in [4.69, 9.17) is 0 Å². The molecule has 2 aromatic heterocycles. The fraction of sp³-hybridized carbons (Fsp3) is 0.368. The van der Waals surface area contributed by atoms with Gasteiger partial charge >= 0.3 is 0 Å². The predicted octanol–water partition coefficient (Wildman–Crippen LogP) is 1.85. The van der Waals surface area contributed by atoms with Crippen LogP contribution in [-0.2, 0) is 6.54 Å². The molecule has 8 nitrogen and oxygen atoms in total. The van der Waals surface area contributed by atoms with Gasteiger partial charge in [-0.2, -0.15) is 5.10 Å². The summed E-state index contributed by atoms with van der Waals surface area (Å²) in [6.45, 7) is 3.12. The molecule has 1 aliphatic heterocycles. The van der Waals surface area contributed by atoms with E-state index in [1.54, 1.807) is 4.90 Å². The highest BCUT2D eigenvalue weighted by molar-refractivity contribution is 5.92. The van der Waals surface area contributed by atoms with Crippen molar-refractivity contribution in [3.63, 3.8) is 0 Å². The number of fused-ring (bicyclic) bond motifs is 1. The van der Waals surface area contributed by atoms with Crippen LogP contribution in [0, 0.1) is 0 Å². The van der Waals surface area contributed by atoms with Gasteiger partial charge in [-0.3, -0.25) is 14.7 Å². The summed E-state index contributed by atoms with van der Waals surface area (Å²) in [5.41, 5.74) is 0.724. The number of aromatic amines is 1. The number of nitrogens with one attached hydrogen (secondary N) is 1. The van der Waals surface area contributed by atoms with E-state index in [0.29, 0.717) is 24.7 Å². The van der Waals surface area contributed by atoms with Gasteiger partial charge in [0, 0.05) is 18.5 Å². The molecule has 1 saturated carbocycles. The lowest BCUT2D eigenvalue weighted by atomic mass is 10.2. The Kier molecular flexibility index (Phi) is 3.53. The zero-order valence-electron chi connectivity index (χ0n) is 15.0. The van der Waals surface area contributed by atoms with Crippen LogP contribution in [0.4, 0.5) is 0 Å². The largest absolute Gasteiger partial charge is 0.326 e. The van der Waals surface area contributed by atoms with Crippen molar-refractivity contribution in [3.8, 4) is 5.69 Å². The maximum atomic E-state index is 13.1. The molecule has 1 amide bonds. The van der Waals surface area contributed by atoms with Gasteiger partial charge in [0.1, 0.15) is 11.5 Å². The summed E-state index contributed by atoms with van der Waals surface area (Å²) in [6.07, 6.45) is 2.30. The van der Waals surface area contributed by atoms with Gasteiger partial charge < -0.3 is 4.90 Å². The summed E-state index contributed by atoms with van der Waals surface area (Å²) in [5.74, 6) is 2.00. The lowest BCUT2D eigenvalue weighted by molar-refractivity contribution is 0.0624. The maximum absolute atomic E-state index is 13.1. The number of nitrogens with zero attached hydrogens (tertiary/aromatic N) is 5. The van der Waals surface area contributed by atoms with E-state index in [0.717, 1.165) is 24.5 Å². The van der Waals surface area contributed by atoms with Gasteiger partial charge in [0.15, 0.2) is 5.82 Å². The van der Waals surface area contributed by atoms with Crippen molar-refractivity contribution < 1.29 is 4.79 Å². The zero-order chi connectivity index (χ0) is 18.5. The summed E-state index contributed by atoms with van der Waals surface area (Å²) < 4.78 is 3.30. The minimum Gasteiger partial charge on any atom is -0.326 e. The fourth-order valence-electron chi connectivity index (χ4n) is 3.60. The number of carbonyl (C=O) groups is 1. The molecule has 0 bridgehead atoms. The average molecular weight is 364 g/mol. The molecule has 0 saturated heterocycles. The third-order valence-electron chi connectivity index (χ3n) is 5.28. The van der Waals surface area contributed by atoms with Gasteiger partial charge in [-0.25, -0.2) is 14.3 Å². The summed E-state index contributed by atoms with van der Waals surface area (Å²) in [7, 11) is 0. The minimum atomic E-state index is -0.256. The SMILES string of the molecule is C[C@@H]1c2nc(C3CC3)nn2CCN1C(=O)c1cc(=O)n(-c2ccccc2)[nH]1. The molecule has 0 spiro atoms. The Morgan fingerprint density at radius 2 is 1.96 bits per heavy atom. The normalized spacial score (nSPS) is 19.1. The first-order valence-corrected chi connectivity index (χ1v) is 9.25. The number of para-hydroxylation sites is 1. The molecule has 138 valence electrons. The second-order valence-corrected chi connectivity index (χ2v) is 7.18. The Labute approximate surface area is 155 Å². The van der Waals surface area contributed by atoms with Crippen LogP contribution >= 0.6 is 0 Å². The first kappa shape index (κ1) is 16.0. The van der Waals surface area contributed by atoms with Gasteiger partial charge in [-0.1, -0.05) is 18.2 Å². The molecule has 0 unspecified atom stereocenters. The Hall–Kier alpha value is -3.16. The molecule has 5 rings (SSSR count). The van der Waals surface area contributed by atoms with Crippen LogP contribution < -0.4 is 5.56 Å². The van der Waals surface area contributed by atoms with E-state index in [1.807, 2.05) is 41.9 Å². The van der Waals surface area contributed by atoms with E-state index in [1.165, 1.54) is 10.7 Å². The molecule has 8 heteroatoms. The highest BCUT2D eigenvalue weighted by Crippen LogP contribution is 2.39. The highest BCUT2D eigenvalue weighted by atomic mass is 16.2. The summed E-state index contributed by atoms with van der Waals surface area (Å²) in [5, 5.41) is 7.54. The van der Waals surface area contributed by atoms with Crippen LogP contribution in [0.2, 0.25) is 0 Å². The highest BCUT2D eigenvalue weighted by Gasteiger charge is 2.35. The van der Waals surface area contributed by atoms with Crippen LogP contribution in [0.3, 0.4) is 0 Å². The molecule has 27 heavy (non-hydrogen) atoms. The summed E-state index contributed by atoms with van der Waals surface area (Å²) in [6, 6.07) is 10.4. The Morgan fingerprint density at radius 1 is 1.19 bits per heavy atom. The van der Waals surface area contributed by atoms with Crippen LogP contribution in [-0.4, -0.2) is 41.9 Å². The number of hydrogen-bond acceptors (Lipinski definition) is 4. The first-order valence-electron chi connectivity index (χ1n) is 9.25. The first-order chi connectivity index (χ1) is 13.1. The third-order valence-corrected chi connectivity index (χ3v) is 5.28. The Morgan fingerprint density at radius 3 is 2.70 bits per heavy atom. The lowest BCUT2D eigenvalue weighted by Gasteiger charge is -2.32. The Bertz CT molecular complexity index is 1060. The molecule has 1 aliphatic carbocycles. The quantitative estimate of drug-likeness (QED) is 0.768. The molecule has 3 heterocycles. The van der Waals surface area contributed by atoms with E-state index in [2.05, 4.69) is 15.2 Å². The van der Waals surface area contributed by atoms with Gasteiger partial charge in [0.2, 0.25) is 0 Å². The fourth-order valence-corrected chi connectivity index (χ4v) is 3.60. The van der Waals surface area contributed by atoms with Crippen molar-refractivity contribution in [2.75, 3.05) is 6.54 Å². The smallest absolute Gasteiger partial charge is 0.272 e. The van der Waals surface area contributed by atoms with E-state index in [-0.39, 0.29) is 23.2 Å². The molecule has 3 aromatic rings. The number of H-pyrrole nitrogens is 1. The van der Waals surface area contributed by atoms with Gasteiger partial charge in [0.25, 0.3) is 11.5 Å². The Balaban J connectivity index is 1.43. The number of hydrogen-bond donors (Lipinski definition) is 1. The zero-order valence-corrected chi connectivity index (χ0v) is 15.0. The van der Waals surface area contributed by atoms with Crippen molar-refractivity contribution in [1.82, 2.24) is 29.4 Å². The topological polar surface area (TPSA) is 88.8 Å². The second kappa shape index (κ2) is 5.94. The van der Waals surface area contributed by atoms with E-state index < -0.39 is 0 Å². The van der Waals surface area contributed by atoms with E-state index >= 15 is 0 Å². The number of benzene rings is 1. The average Bonchev–Trinajstić information content (AvgIpc) is 3.32. The predicted molar refractivity (Wildman–Crippen MR) is 97.8 cm³/mol. The molecular formula is C19H20N6O2. The molecule has 1 atom stereocenters. The second-order valence-electron chi connectivity index (χ2n) is 7.18. The van der Waals surface area contributed by atoms with Gasteiger partial charge in [-0.15, -0.1) is 0 Å². The monoisotopic (exact) mass is 364 g/mol. The standard InChI is InChI=1S/C19H20N6O2/c1-12-18-20-17(13-7-8-13)22-24(18)10-9-23(12)19(27)15-11-16(26)25(21-15)14-5-3-2-4-6-14/h2-6,11-13,21H,7-10H2,1H3/t12-/m1/s1. The van der Waals surface area contributed by atoms with Crippen molar-refractivity contribution in [3.05, 3.63) is 64.1 Å². The maximum Gasteiger partial charge on any atom is 0.272 e. The van der Waals surface area contributed by atoms with Crippen molar-refractivity contribution in [2.24, 2.45) is 0 Å². The van der Waals surface area contributed by atoms with Gasteiger partial charge in [0.05, 0.1) is 18.3 Å². The van der Waals surface area contributed by atoms with Crippen LogP contribution in [0.15, 0.2) is 41.2 Å². The summed E-state index contributed by atoms with van der Waals surface area (Å²) >= 11 is 0. The number of amides is 1. The lowest BCUT2D eigenvalue weighted by Crippen LogP contribution is -2.41. The molecule has 2 aliphatic rings. The summed E-state index contributed by atoms with van der Waals surface area (Å²) in [4.78, 5) is 31.8. The molecule has 1 aromatic carbocycles. The number of rotatable bonds is 3. The molecular weight excluding hydrogens is 344 g/mol. The van der Waals surface area contributed by atoms with E-state index in [9.17, 15) is 9.59 Å². The third kappa shape index (κ3) is 2.68.